The normalized spacial score (nSPS) is 12.4. The van der Waals surface area contributed by atoms with Gasteiger partial charge in [0.1, 0.15) is 5.82 Å². The summed E-state index contributed by atoms with van der Waals surface area (Å²) in [5.41, 5.74) is 0.692. The molecule has 0 fully saturated rings. The Kier molecular flexibility index (Phi) is 5.50. The average molecular weight is 242 g/mol. The molecule has 1 rings (SSSR count). The van der Waals surface area contributed by atoms with Gasteiger partial charge >= 0.3 is 0 Å². The van der Waals surface area contributed by atoms with Crippen LogP contribution in [0.2, 0.25) is 5.02 Å². The lowest BCUT2D eigenvalue weighted by molar-refractivity contribution is 0.512. The molecule has 16 heavy (non-hydrogen) atoms. The van der Waals surface area contributed by atoms with E-state index >= 15 is 0 Å². The van der Waals surface area contributed by atoms with Crippen molar-refractivity contribution in [1.29, 1.82) is 0 Å². The zero-order valence-electron chi connectivity index (χ0n) is 9.47. The van der Waals surface area contributed by atoms with Gasteiger partial charge in [0, 0.05) is 11.1 Å². The number of hydrogen-bond donors (Lipinski definition) is 1. The van der Waals surface area contributed by atoms with Gasteiger partial charge in [0.05, 0.1) is 0 Å². The molecule has 1 aromatic rings. The highest BCUT2D eigenvalue weighted by Crippen LogP contribution is 2.16. The topological polar surface area (TPSA) is 12.0 Å². The van der Waals surface area contributed by atoms with E-state index in [1.807, 2.05) is 13.0 Å². The highest BCUT2D eigenvalue weighted by molar-refractivity contribution is 6.30. The van der Waals surface area contributed by atoms with E-state index < -0.39 is 0 Å². The lowest BCUT2D eigenvalue weighted by Crippen LogP contribution is -2.30. The predicted molar refractivity (Wildman–Crippen MR) is 67.4 cm³/mol. The van der Waals surface area contributed by atoms with Gasteiger partial charge in [-0.15, -0.1) is 6.58 Å². The number of likely N-dealkylation sites (N-methyl/N-ethyl adjacent to an activating group) is 1. The average Bonchev–Trinajstić information content (AvgIpc) is 2.23. The second-order valence-electron chi connectivity index (χ2n) is 3.72. The van der Waals surface area contributed by atoms with E-state index in [9.17, 15) is 4.39 Å². The van der Waals surface area contributed by atoms with Crippen LogP contribution < -0.4 is 5.32 Å². The SMILES string of the molecule is C=CCC(Cc1ccc(Cl)cc1F)NCC. The van der Waals surface area contributed by atoms with Crippen LogP contribution >= 0.6 is 11.6 Å². The van der Waals surface area contributed by atoms with Gasteiger partial charge in [0.15, 0.2) is 0 Å². The van der Waals surface area contributed by atoms with E-state index in [0.29, 0.717) is 17.0 Å². The molecule has 1 unspecified atom stereocenters. The van der Waals surface area contributed by atoms with Crippen molar-refractivity contribution in [2.45, 2.75) is 25.8 Å². The van der Waals surface area contributed by atoms with Gasteiger partial charge in [-0.05, 0) is 37.1 Å². The number of halogens is 2. The molecule has 0 amide bonds. The molecule has 0 saturated carbocycles. The maximum absolute atomic E-state index is 13.6. The first kappa shape index (κ1) is 13.2. The Morgan fingerprint density at radius 3 is 2.88 bits per heavy atom. The molecule has 0 aliphatic heterocycles. The Morgan fingerprint density at radius 1 is 1.56 bits per heavy atom. The minimum atomic E-state index is -0.237. The fourth-order valence-corrected chi connectivity index (χ4v) is 1.84. The van der Waals surface area contributed by atoms with Gasteiger partial charge in [0.25, 0.3) is 0 Å². The number of rotatable bonds is 6. The minimum Gasteiger partial charge on any atom is -0.314 e. The second-order valence-corrected chi connectivity index (χ2v) is 4.16. The van der Waals surface area contributed by atoms with Crippen molar-refractivity contribution in [2.24, 2.45) is 0 Å². The number of hydrogen-bond acceptors (Lipinski definition) is 1. The molecule has 0 aromatic heterocycles. The molecule has 1 nitrogen and oxygen atoms in total. The molecule has 0 radical (unpaired) electrons. The van der Waals surface area contributed by atoms with Crippen molar-refractivity contribution in [3.05, 3.63) is 47.3 Å². The van der Waals surface area contributed by atoms with Crippen LogP contribution in [0.25, 0.3) is 0 Å². The lowest BCUT2D eigenvalue weighted by atomic mass is 10.0. The Morgan fingerprint density at radius 2 is 2.31 bits per heavy atom. The van der Waals surface area contributed by atoms with Crippen LogP contribution in [0.1, 0.15) is 18.9 Å². The van der Waals surface area contributed by atoms with E-state index in [-0.39, 0.29) is 11.9 Å². The molecule has 0 aliphatic carbocycles. The van der Waals surface area contributed by atoms with Gasteiger partial charge in [0.2, 0.25) is 0 Å². The Bertz CT molecular complexity index is 352. The molecule has 1 aromatic carbocycles. The smallest absolute Gasteiger partial charge is 0.127 e. The number of nitrogens with one attached hydrogen (secondary N) is 1. The zero-order chi connectivity index (χ0) is 12.0. The summed E-state index contributed by atoms with van der Waals surface area (Å²) in [4.78, 5) is 0. The highest BCUT2D eigenvalue weighted by atomic mass is 35.5. The molecule has 0 heterocycles. The van der Waals surface area contributed by atoms with Crippen molar-refractivity contribution in [2.75, 3.05) is 6.54 Å². The van der Waals surface area contributed by atoms with Gasteiger partial charge in [-0.2, -0.15) is 0 Å². The molecule has 0 bridgehead atoms. The van der Waals surface area contributed by atoms with Crippen LogP contribution in [0.5, 0.6) is 0 Å². The molecule has 1 N–H and O–H groups in total. The summed E-state index contributed by atoms with van der Waals surface area (Å²) in [5.74, 6) is -0.237. The monoisotopic (exact) mass is 241 g/mol. The van der Waals surface area contributed by atoms with Crippen LogP contribution in [-0.4, -0.2) is 12.6 Å². The third-order valence-corrected chi connectivity index (χ3v) is 2.66. The van der Waals surface area contributed by atoms with Crippen molar-refractivity contribution in [3.63, 3.8) is 0 Å². The van der Waals surface area contributed by atoms with Gasteiger partial charge in [-0.3, -0.25) is 0 Å². The summed E-state index contributed by atoms with van der Waals surface area (Å²) in [6, 6.07) is 5.05. The first-order chi connectivity index (χ1) is 7.67. The summed E-state index contributed by atoms with van der Waals surface area (Å²) < 4.78 is 13.6. The van der Waals surface area contributed by atoms with Gasteiger partial charge in [-0.25, -0.2) is 4.39 Å². The first-order valence-electron chi connectivity index (χ1n) is 5.45. The fourth-order valence-electron chi connectivity index (χ4n) is 1.68. The number of benzene rings is 1. The first-order valence-corrected chi connectivity index (χ1v) is 5.83. The van der Waals surface area contributed by atoms with E-state index in [0.717, 1.165) is 13.0 Å². The lowest BCUT2D eigenvalue weighted by Gasteiger charge is -2.16. The third-order valence-electron chi connectivity index (χ3n) is 2.43. The standard InChI is InChI=1S/C13H17ClFN/c1-3-5-12(16-4-2)8-10-6-7-11(14)9-13(10)15/h3,6-7,9,12,16H,1,4-5,8H2,2H3. The largest absolute Gasteiger partial charge is 0.314 e. The quantitative estimate of drug-likeness (QED) is 0.751. The van der Waals surface area contributed by atoms with Crippen LogP contribution in [0.15, 0.2) is 30.9 Å². The van der Waals surface area contributed by atoms with Crippen LogP contribution in [-0.2, 0) is 6.42 Å². The van der Waals surface area contributed by atoms with Crippen molar-refractivity contribution in [3.8, 4) is 0 Å². The summed E-state index contributed by atoms with van der Waals surface area (Å²) in [5, 5.41) is 3.74. The molecule has 3 heteroatoms. The highest BCUT2D eigenvalue weighted by Gasteiger charge is 2.10. The minimum absolute atomic E-state index is 0.234. The maximum atomic E-state index is 13.6. The van der Waals surface area contributed by atoms with Crippen molar-refractivity contribution < 1.29 is 4.39 Å². The van der Waals surface area contributed by atoms with Crippen LogP contribution in [0.4, 0.5) is 4.39 Å². The van der Waals surface area contributed by atoms with E-state index in [1.165, 1.54) is 6.07 Å². The Labute approximate surface area is 101 Å². The summed E-state index contributed by atoms with van der Waals surface area (Å²) in [7, 11) is 0. The molecule has 0 saturated heterocycles. The van der Waals surface area contributed by atoms with E-state index in [4.69, 9.17) is 11.6 Å². The molecule has 1 atom stereocenters. The zero-order valence-corrected chi connectivity index (χ0v) is 10.2. The van der Waals surface area contributed by atoms with Crippen LogP contribution in [0, 0.1) is 5.82 Å². The molecular weight excluding hydrogens is 225 g/mol. The van der Waals surface area contributed by atoms with Crippen LogP contribution in [0.3, 0.4) is 0 Å². The predicted octanol–water partition coefficient (Wildman–Crippen LogP) is 3.58. The van der Waals surface area contributed by atoms with Crippen molar-refractivity contribution in [1.82, 2.24) is 5.32 Å². The summed E-state index contributed by atoms with van der Waals surface area (Å²) in [6.45, 7) is 6.61. The molecule has 88 valence electrons. The maximum Gasteiger partial charge on any atom is 0.127 e. The summed E-state index contributed by atoms with van der Waals surface area (Å²) >= 11 is 5.70. The van der Waals surface area contributed by atoms with Gasteiger partial charge < -0.3 is 5.32 Å². The van der Waals surface area contributed by atoms with Gasteiger partial charge in [-0.1, -0.05) is 30.7 Å². The third kappa shape index (κ3) is 3.95. The molecule has 0 aliphatic rings. The Hall–Kier alpha value is -0.860. The van der Waals surface area contributed by atoms with E-state index in [1.54, 1.807) is 12.1 Å². The van der Waals surface area contributed by atoms with E-state index in [2.05, 4.69) is 11.9 Å². The Balaban J connectivity index is 2.72. The summed E-state index contributed by atoms with van der Waals surface area (Å²) in [6.07, 6.45) is 3.33. The van der Waals surface area contributed by atoms with Crippen molar-refractivity contribution >= 4 is 11.6 Å². The second kappa shape index (κ2) is 6.66. The fraction of sp³-hybridized carbons (Fsp3) is 0.385. The molecular formula is C13H17ClFN. The molecule has 0 spiro atoms.